The molecule has 1 amide bonds. The zero-order valence-electron chi connectivity index (χ0n) is 20.6. The fourth-order valence-corrected chi connectivity index (χ4v) is 6.79. The number of nitrogens with one attached hydrogen (secondary N) is 1. The fourth-order valence-electron chi connectivity index (χ4n) is 3.63. The molecule has 2 rings (SSSR count). The average molecular weight is 526 g/mol. The minimum absolute atomic E-state index is 0.0142. The van der Waals surface area contributed by atoms with Crippen molar-refractivity contribution < 1.29 is 28.2 Å². The van der Waals surface area contributed by atoms with Crippen LogP contribution < -0.4 is 5.32 Å². The fraction of sp³-hybridized carbons (Fsp3) is 0.542. The van der Waals surface area contributed by atoms with Gasteiger partial charge < -0.3 is 15.5 Å². The molecule has 0 saturated heterocycles. The predicted molar refractivity (Wildman–Crippen MR) is 135 cm³/mol. The third kappa shape index (κ3) is 8.76. The molecule has 1 aromatic carbocycles. The molecule has 11 heteroatoms. The molecule has 0 aliphatic rings. The zero-order chi connectivity index (χ0) is 26.2. The topological polar surface area (TPSA) is 137 Å². The van der Waals surface area contributed by atoms with Crippen molar-refractivity contribution >= 4 is 33.1 Å². The van der Waals surface area contributed by atoms with Crippen molar-refractivity contribution in [2.24, 2.45) is 0 Å². The van der Waals surface area contributed by atoms with E-state index in [0.717, 1.165) is 21.2 Å². The molecule has 0 fully saturated rings. The monoisotopic (exact) mass is 525 g/mol. The first-order valence-electron chi connectivity index (χ1n) is 11.6. The summed E-state index contributed by atoms with van der Waals surface area (Å²) in [4.78, 5) is 28.4. The highest BCUT2D eigenvalue weighted by molar-refractivity contribution is 7.91. The van der Waals surface area contributed by atoms with Gasteiger partial charge >= 0.3 is 0 Å². The van der Waals surface area contributed by atoms with E-state index in [4.69, 9.17) is 0 Å². The molecular weight excluding hydrogens is 490 g/mol. The van der Waals surface area contributed by atoms with Crippen LogP contribution in [0.5, 0.6) is 0 Å². The largest absolute Gasteiger partial charge is 0.392 e. The van der Waals surface area contributed by atoms with Crippen LogP contribution in [0.25, 0.3) is 0 Å². The summed E-state index contributed by atoms with van der Waals surface area (Å²) in [6.45, 7) is 5.93. The van der Waals surface area contributed by atoms with E-state index in [1.54, 1.807) is 20.8 Å². The quantitative estimate of drug-likeness (QED) is 0.343. The number of sulfonamides is 1. The Hall–Kier alpha value is -2.18. The Bertz CT molecular complexity index is 1090. The number of ketones is 1. The second kappa shape index (κ2) is 13.2. The minimum atomic E-state index is -4.05. The maximum absolute atomic E-state index is 13.4. The number of aliphatic hydroxyl groups excluding tert-OH is 2. The van der Waals surface area contributed by atoms with Crippen molar-refractivity contribution in [1.29, 1.82) is 0 Å². The number of hydrogen-bond donors (Lipinski definition) is 3. The first-order valence-corrected chi connectivity index (χ1v) is 13.8. The van der Waals surface area contributed by atoms with Gasteiger partial charge in [0, 0.05) is 32.4 Å². The van der Waals surface area contributed by atoms with E-state index in [1.165, 1.54) is 6.92 Å². The van der Waals surface area contributed by atoms with Gasteiger partial charge in [0.2, 0.25) is 5.91 Å². The number of Topliss-reactive ketones (excluding diaryl/α,β-unsaturated/α-hetero) is 1. The van der Waals surface area contributed by atoms with Crippen LogP contribution in [-0.4, -0.2) is 70.9 Å². The molecule has 1 aromatic heterocycles. The van der Waals surface area contributed by atoms with Gasteiger partial charge in [-0.2, -0.15) is 4.31 Å². The van der Waals surface area contributed by atoms with E-state index >= 15 is 0 Å². The molecule has 9 nitrogen and oxygen atoms in total. The second-order valence-electron chi connectivity index (χ2n) is 8.60. The molecule has 1 heterocycles. The molecule has 3 atom stereocenters. The lowest BCUT2D eigenvalue weighted by atomic mass is 10.0. The van der Waals surface area contributed by atoms with Crippen LogP contribution in [-0.2, 0) is 26.0 Å². The summed E-state index contributed by atoms with van der Waals surface area (Å²) in [6.07, 6.45) is -1.57. The molecule has 2 aromatic rings. The number of aromatic nitrogens is 1. The standard InChI is InChI=1S/C24H35N3O6S2/c1-5-20(29)11-12-23(31)26-21(13-19-9-7-6-8-10-19)22(30)15-27(14-16(2)28)35(32,33)24-17(3)25-18(4)34-24/h6-10,16,21-22,28,30H,5,11-15H2,1-4H3,(H,26,31)/t16-,21+,22-/m1/s1. The van der Waals surface area contributed by atoms with Gasteiger partial charge in [0.05, 0.1) is 29.0 Å². The second-order valence-corrected chi connectivity index (χ2v) is 11.9. The maximum atomic E-state index is 13.4. The van der Waals surface area contributed by atoms with Gasteiger partial charge in [-0.25, -0.2) is 13.4 Å². The van der Waals surface area contributed by atoms with Crippen molar-refractivity contribution in [3.63, 3.8) is 0 Å². The lowest BCUT2D eigenvalue weighted by Crippen LogP contribution is -2.51. The normalized spacial score (nSPS) is 14.5. The molecule has 194 valence electrons. The van der Waals surface area contributed by atoms with E-state index < -0.39 is 34.2 Å². The van der Waals surface area contributed by atoms with E-state index in [-0.39, 0.29) is 42.3 Å². The van der Waals surface area contributed by atoms with Gasteiger partial charge in [0.15, 0.2) is 4.21 Å². The smallest absolute Gasteiger partial charge is 0.254 e. The number of benzene rings is 1. The van der Waals surface area contributed by atoms with E-state index in [9.17, 15) is 28.2 Å². The van der Waals surface area contributed by atoms with Crippen LogP contribution in [0.1, 0.15) is 49.4 Å². The molecule has 3 N–H and O–H groups in total. The number of amides is 1. The van der Waals surface area contributed by atoms with Crippen LogP contribution in [0.4, 0.5) is 0 Å². The SMILES string of the molecule is CCC(=O)CCC(=O)N[C@@H](Cc1ccccc1)[C@H](O)CN(C[C@@H](C)O)S(=O)(=O)c1sc(C)nc1C. The number of nitrogens with zero attached hydrogens (tertiary/aromatic N) is 2. The molecule has 0 aliphatic carbocycles. The Kier molecular flexibility index (Phi) is 11.0. The van der Waals surface area contributed by atoms with Crippen LogP contribution in [0.3, 0.4) is 0 Å². The summed E-state index contributed by atoms with van der Waals surface area (Å²) in [5.41, 5.74) is 1.20. The van der Waals surface area contributed by atoms with Crippen LogP contribution in [0.15, 0.2) is 34.5 Å². The maximum Gasteiger partial charge on any atom is 0.254 e. The zero-order valence-corrected chi connectivity index (χ0v) is 22.2. The molecule has 0 unspecified atom stereocenters. The molecule has 0 radical (unpaired) electrons. The van der Waals surface area contributed by atoms with Gasteiger partial charge in [0.1, 0.15) is 5.78 Å². The summed E-state index contributed by atoms with van der Waals surface area (Å²) < 4.78 is 27.9. The Balaban J connectivity index is 2.28. The highest BCUT2D eigenvalue weighted by Crippen LogP contribution is 2.27. The van der Waals surface area contributed by atoms with Crippen LogP contribution in [0, 0.1) is 13.8 Å². The van der Waals surface area contributed by atoms with Crippen molar-refractivity contribution in [2.45, 2.75) is 75.8 Å². The first kappa shape index (κ1) is 29.1. The molecular formula is C24H35N3O6S2. The number of carbonyl (C=O) groups is 2. The lowest BCUT2D eigenvalue weighted by Gasteiger charge is -2.30. The Morgan fingerprint density at radius 2 is 1.77 bits per heavy atom. The number of rotatable bonds is 14. The van der Waals surface area contributed by atoms with Gasteiger partial charge in [-0.1, -0.05) is 37.3 Å². The molecule has 0 spiro atoms. The van der Waals surface area contributed by atoms with E-state index in [2.05, 4.69) is 10.3 Å². The lowest BCUT2D eigenvalue weighted by molar-refractivity contribution is -0.126. The third-order valence-electron chi connectivity index (χ3n) is 5.43. The van der Waals surface area contributed by atoms with Gasteiger partial charge in [-0.3, -0.25) is 9.59 Å². The summed E-state index contributed by atoms with van der Waals surface area (Å²) >= 11 is 1.03. The Morgan fingerprint density at radius 1 is 1.11 bits per heavy atom. The van der Waals surface area contributed by atoms with Crippen molar-refractivity contribution in [3.05, 3.63) is 46.6 Å². The minimum Gasteiger partial charge on any atom is -0.392 e. The summed E-state index contributed by atoms with van der Waals surface area (Å²) in [5.74, 6) is -0.435. The van der Waals surface area contributed by atoms with Gasteiger partial charge in [-0.05, 0) is 32.8 Å². The third-order valence-corrected chi connectivity index (χ3v) is 8.92. The Labute approximate surface area is 211 Å². The van der Waals surface area contributed by atoms with Crippen LogP contribution in [0.2, 0.25) is 0 Å². The predicted octanol–water partition coefficient (Wildman–Crippen LogP) is 1.98. The van der Waals surface area contributed by atoms with E-state index in [0.29, 0.717) is 17.1 Å². The van der Waals surface area contributed by atoms with Gasteiger partial charge in [0.25, 0.3) is 10.0 Å². The number of thiazole rings is 1. The van der Waals surface area contributed by atoms with Gasteiger partial charge in [-0.15, -0.1) is 11.3 Å². The van der Waals surface area contributed by atoms with Crippen molar-refractivity contribution in [3.8, 4) is 0 Å². The van der Waals surface area contributed by atoms with Crippen molar-refractivity contribution in [2.75, 3.05) is 13.1 Å². The molecule has 0 aliphatic heterocycles. The Morgan fingerprint density at radius 3 is 2.31 bits per heavy atom. The number of aliphatic hydroxyl groups is 2. The summed E-state index contributed by atoms with van der Waals surface area (Å²) in [6, 6.07) is 8.40. The number of aryl methyl sites for hydroxylation is 2. The molecule has 0 bridgehead atoms. The highest BCUT2D eigenvalue weighted by Gasteiger charge is 2.33. The summed E-state index contributed by atoms with van der Waals surface area (Å²) in [7, 11) is -4.05. The van der Waals surface area contributed by atoms with Crippen molar-refractivity contribution in [1.82, 2.24) is 14.6 Å². The van der Waals surface area contributed by atoms with Crippen LogP contribution >= 0.6 is 11.3 Å². The average Bonchev–Trinajstić information content (AvgIpc) is 3.15. The van der Waals surface area contributed by atoms with E-state index in [1.807, 2.05) is 30.3 Å². The highest BCUT2D eigenvalue weighted by atomic mass is 32.2. The first-order chi connectivity index (χ1) is 16.4. The summed E-state index contributed by atoms with van der Waals surface area (Å²) in [5, 5.41) is 24.5. The number of hydrogen-bond acceptors (Lipinski definition) is 8. The molecule has 0 saturated carbocycles. The molecule has 35 heavy (non-hydrogen) atoms. The number of carbonyl (C=O) groups excluding carboxylic acids is 2.